The number of likely N-dealkylation sites (tertiary alicyclic amines) is 1. The largest absolute Gasteiger partial charge is 0.496 e. The van der Waals surface area contributed by atoms with Gasteiger partial charge in [-0.2, -0.15) is 0 Å². The van der Waals surface area contributed by atoms with Crippen molar-refractivity contribution in [1.82, 2.24) is 20.7 Å². The predicted octanol–water partition coefficient (Wildman–Crippen LogP) is 4.34. The first-order chi connectivity index (χ1) is 18.8. The van der Waals surface area contributed by atoms with Gasteiger partial charge in [-0.05, 0) is 50.3 Å². The van der Waals surface area contributed by atoms with Gasteiger partial charge in [-0.25, -0.2) is 8.78 Å². The smallest absolute Gasteiger partial charge is 0.273 e. The molecule has 0 spiro atoms. The Morgan fingerprint density at radius 3 is 2.69 bits per heavy atom. The number of hydrogen-bond donors (Lipinski definition) is 2. The molecule has 1 aliphatic heterocycles. The maximum absolute atomic E-state index is 14.2. The lowest BCUT2D eigenvalue weighted by atomic mass is 9.90. The average Bonchev–Trinajstić information content (AvgIpc) is 3.61. The zero-order valence-electron chi connectivity index (χ0n) is 22.0. The summed E-state index contributed by atoms with van der Waals surface area (Å²) < 4.78 is 38.1. The van der Waals surface area contributed by atoms with Gasteiger partial charge in [0.1, 0.15) is 17.4 Å². The summed E-state index contributed by atoms with van der Waals surface area (Å²) in [4.78, 5) is 29.0. The summed E-state index contributed by atoms with van der Waals surface area (Å²) in [7, 11) is 1.59. The van der Waals surface area contributed by atoms with Crippen molar-refractivity contribution in [2.24, 2.45) is 11.8 Å². The third-order valence-electron chi connectivity index (χ3n) is 7.47. The van der Waals surface area contributed by atoms with Gasteiger partial charge in [0, 0.05) is 43.4 Å². The molecule has 2 N–H and O–H groups in total. The highest BCUT2D eigenvalue weighted by atomic mass is 19.1. The fourth-order valence-corrected chi connectivity index (χ4v) is 5.15. The molecule has 2 amide bonds. The van der Waals surface area contributed by atoms with Crippen LogP contribution in [-0.4, -0.2) is 54.7 Å². The second-order valence-electron chi connectivity index (χ2n) is 10.4. The molecular weight excluding hydrogens is 506 g/mol. The molecule has 0 bridgehead atoms. The van der Waals surface area contributed by atoms with Crippen LogP contribution in [0.25, 0.3) is 11.3 Å². The second kappa shape index (κ2) is 11.5. The van der Waals surface area contributed by atoms with Gasteiger partial charge in [-0.1, -0.05) is 23.4 Å². The van der Waals surface area contributed by atoms with E-state index < -0.39 is 29.5 Å². The van der Waals surface area contributed by atoms with Crippen LogP contribution < -0.4 is 15.4 Å². The van der Waals surface area contributed by atoms with E-state index in [1.54, 1.807) is 7.11 Å². The zero-order chi connectivity index (χ0) is 27.5. The Morgan fingerprint density at radius 1 is 1.15 bits per heavy atom. The Bertz CT molecular complexity index is 1340. The molecule has 1 saturated carbocycles. The Kier molecular flexibility index (Phi) is 7.92. The number of aromatic nitrogens is 1. The van der Waals surface area contributed by atoms with Crippen molar-refractivity contribution in [1.29, 1.82) is 0 Å². The summed E-state index contributed by atoms with van der Waals surface area (Å²) in [6.45, 7) is 4.14. The van der Waals surface area contributed by atoms with E-state index in [4.69, 9.17) is 9.26 Å². The van der Waals surface area contributed by atoms with E-state index in [1.807, 2.05) is 31.2 Å². The van der Waals surface area contributed by atoms with Crippen molar-refractivity contribution in [2.75, 3.05) is 26.7 Å². The number of piperidine rings is 1. The number of nitrogens with zero attached hydrogens (tertiary/aromatic N) is 2. The van der Waals surface area contributed by atoms with Crippen LogP contribution in [0.5, 0.6) is 5.75 Å². The highest BCUT2D eigenvalue weighted by molar-refractivity contribution is 5.94. The molecule has 1 aliphatic carbocycles. The molecule has 8 nitrogen and oxygen atoms in total. The van der Waals surface area contributed by atoms with Crippen molar-refractivity contribution < 1.29 is 27.6 Å². The van der Waals surface area contributed by atoms with Gasteiger partial charge < -0.3 is 24.8 Å². The highest BCUT2D eigenvalue weighted by Gasteiger charge is 2.38. The number of methoxy groups -OCH3 is 1. The van der Waals surface area contributed by atoms with Crippen LogP contribution in [0.15, 0.2) is 53.1 Å². The fourth-order valence-electron chi connectivity index (χ4n) is 5.15. The third kappa shape index (κ3) is 6.27. The first kappa shape index (κ1) is 26.8. The summed E-state index contributed by atoms with van der Waals surface area (Å²) in [5.41, 5.74) is 0.817. The summed E-state index contributed by atoms with van der Waals surface area (Å²) >= 11 is 0. The molecule has 0 unspecified atom stereocenters. The SMILES string of the molecule is COc1ccccc1[C@@H](C)NC(=O)[C@H]1CN(CC2CC2)CC[C@@H]1NC(=O)c1cc(-c2ccc(F)cc2F)on1. The van der Waals surface area contributed by atoms with Crippen molar-refractivity contribution in [3.63, 3.8) is 0 Å². The van der Waals surface area contributed by atoms with Crippen LogP contribution in [0.2, 0.25) is 0 Å². The summed E-state index contributed by atoms with van der Waals surface area (Å²) in [5, 5.41) is 9.85. The van der Waals surface area contributed by atoms with Crippen molar-refractivity contribution in [3.8, 4) is 17.1 Å². The number of benzene rings is 2. The molecule has 0 radical (unpaired) electrons. The van der Waals surface area contributed by atoms with Gasteiger partial charge in [-0.15, -0.1) is 0 Å². The number of rotatable bonds is 9. The number of carbonyl (C=O) groups is 2. The maximum atomic E-state index is 14.2. The molecule has 1 saturated heterocycles. The van der Waals surface area contributed by atoms with E-state index in [2.05, 4.69) is 20.7 Å². The van der Waals surface area contributed by atoms with Crippen LogP contribution in [-0.2, 0) is 4.79 Å². The second-order valence-corrected chi connectivity index (χ2v) is 10.4. The van der Waals surface area contributed by atoms with Crippen molar-refractivity contribution in [3.05, 3.63) is 71.4 Å². The van der Waals surface area contributed by atoms with E-state index in [-0.39, 0.29) is 29.0 Å². The van der Waals surface area contributed by atoms with E-state index in [0.29, 0.717) is 24.6 Å². The van der Waals surface area contributed by atoms with Gasteiger partial charge in [0.15, 0.2) is 11.5 Å². The van der Waals surface area contributed by atoms with Gasteiger partial charge in [0.05, 0.1) is 24.6 Å². The molecule has 2 fully saturated rings. The number of para-hydroxylation sites is 1. The lowest BCUT2D eigenvalue weighted by molar-refractivity contribution is -0.128. The maximum Gasteiger partial charge on any atom is 0.273 e. The van der Waals surface area contributed by atoms with E-state index in [0.717, 1.165) is 30.8 Å². The number of amides is 2. The minimum atomic E-state index is -0.818. The molecular formula is C29H32F2N4O4. The Morgan fingerprint density at radius 2 is 1.95 bits per heavy atom. The van der Waals surface area contributed by atoms with Gasteiger partial charge in [0.2, 0.25) is 5.91 Å². The molecule has 2 heterocycles. The van der Waals surface area contributed by atoms with Crippen molar-refractivity contribution in [2.45, 2.75) is 38.3 Å². The monoisotopic (exact) mass is 538 g/mol. The summed E-state index contributed by atoms with van der Waals surface area (Å²) in [6, 6.07) is 11.2. The van der Waals surface area contributed by atoms with Crippen LogP contribution in [0, 0.1) is 23.5 Å². The molecule has 206 valence electrons. The molecule has 3 atom stereocenters. The third-order valence-corrected chi connectivity index (χ3v) is 7.47. The van der Waals surface area contributed by atoms with Crippen LogP contribution in [0.1, 0.15) is 48.3 Å². The number of hydrogen-bond acceptors (Lipinski definition) is 6. The minimum absolute atomic E-state index is 0.00100. The van der Waals surface area contributed by atoms with Gasteiger partial charge >= 0.3 is 0 Å². The summed E-state index contributed by atoms with van der Waals surface area (Å²) in [5.74, 6) is -1.33. The topological polar surface area (TPSA) is 96.7 Å². The number of carbonyl (C=O) groups excluding carboxylic acids is 2. The molecule has 1 aromatic heterocycles. The number of nitrogens with one attached hydrogen (secondary N) is 2. The highest BCUT2D eigenvalue weighted by Crippen LogP contribution is 2.32. The molecule has 10 heteroatoms. The van der Waals surface area contributed by atoms with Crippen LogP contribution in [0.3, 0.4) is 0 Å². The Hall–Kier alpha value is -3.79. The molecule has 2 aliphatic rings. The minimum Gasteiger partial charge on any atom is -0.496 e. The standard InChI is InChI=1S/C29H32F2N4O4/c1-17(20-5-3-4-6-26(20)38-2)32-28(36)22-16-35(15-18-7-8-18)12-11-24(22)33-29(37)25-14-27(39-34-25)21-10-9-19(30)13-23(21)31/h3-6,9-10,13-14,17-18,22,24H,7-8,11-12,15-16H2,1-2H3,(H,32,36)(H,33,37)/t17-,22+,24+/m1/s1. The lowest BCUT2D eigenvalue weighted by Gasteiger charge is -2.38. The van der Waals surface area contributed by atoms with Gasteiger partial charge in [-0.3, -0.25) is 9.59 Å². The average molecular weight is 539 g/mol. The van der Waals surface area contributed by atoms with Gasteiger partial charge in [0.25, 0.3) is 5.91 Å². The van der Waals surface area contributed by atoms with E-state index in [9.17, 15) is 18.4 Å². The first-order valence-corrected chi connectivity index (χ1v) is 13.2. The quantitative estimate of drug-likeness (QED) is 0.421. The van der Waals surface area contributed by atoms with E-state index >= 15 is 0 Å². The first-order valence-electron chi connectivity index (χ1n) is 13.2. The lowest BCUT2D eigenvalue weighted by Crippen LogP contribution is -2.56. The Balaban J connectivity index is 1.30. The number of ether oxygens (including phenoxy) is 1. The molecule has 5 rings (SSSR count). The molecule has 3 aromatic rings. The normalized spacial score (nSPS) is 20.3. The number of halogens is 2. The van der Waals surface area contributed by atoms with Crippen LogP contribution >= 0.6 is 0 Å². The summed E-state index contributed by atoms with van der Waals surface area (Å²) in [6.07, 6.45) is 3.01. The van der Waals surface area contributed by atoms with E-state index in [1.165, 1.54) is 25.0 Å². The fraction of sp³-hybridized carbons (Fsp3) is 0.414. The molecule has 39 heavy (non-hydrogen) atoms. The van der Waals surface area contributed by atoms with Crippen LogP contribution in [0.4, 0.5) is 8.78 Å². The zero-order valence-corrected chi connectivity index (χ0v) is 22.0. The molecule has 2 aromatic carbocycles. The predicted molar refractivity (Wildman–Crippen MR) is 140 cm³/mol. The Labute approximate surface area is 225 Å². The van der Waals surface area contributed by atoms with Crippen molar-refractivity contribution >= 4 is 11.8 Å².